The maximum Gasteiger partial charge on any atom is 0.129 e. The molecule has 2 rings (SSSR count). The molecule has 0 amide bonds. The van der Waals surface area contributed by atoms with Crippen molar-refractivity contribution in [3.8, 4) is 6.07 Å². The Kier molecular flexibility index (Phi) is 5.57. The molecule has 0 saturated carbocycles. The van der Waals surface area contributed by atoms with Gasteiger partial charge in [-0.15, -0.1) is 0 Å². The minimum atomic E-state index is 0. The Bertz CT molecular complexity index is 625. The summed E-state index contributed by atoms with van der Waals surface area (Å²) in [5.74, 6) is 0. The fraction of sp³-hybridized carbons (Fsp3) is 0.0667. The van der Waals surface area contributed by atoms with Crippen LogP contribution in [0.15, 0.2) is 42.6 Å². The fourth-order valence-electron chi connectivity index (χ4n) is 1.48. The predicted molar refractivity (Wildman–Crippen MR) is 80.9 cm³/mol. The summed E-state index contributed by atoms with van der Waals surface area (Å²) in [4.78, 5) is 3.95. The molecule has 0 spiro atoms. The van der Waals surface area contributed by atoms with Crippen LogP contribution in [-0.4, -0.2) is 4.98 Å². The number of benzene rings is 1. The summed E-state index contributed by atoms with van der Waals surface area (Å²) in [6, 6.07) is 12.9. The molecule has 0 radical (unpaired) electrons. The van der Waals surface area contributed by atoms with Gasteiger partial charge in [0.1, 0.15) is 5.15 Å². The maximum absolute atomic E-state index is 9.17. The number of hydrogen-bond acceptors (Lipinski definition) is 2. The molecular weight excluding hydrogens is 279 g/mol. The largest absolute Gasteiger partial charge is 0.244 e. The molecule has 0 aliphatic rings. The molecule has 0 unspecified atom stereocenters. The van der Waals surface area contributed by atoms with Gasteiger partial charge in [-0.05, 0) is 35.9 Å². The van der Waals surface area contributed by atoms with Crippen molar-refractivity contribution >= 4 is 34.9 Å². The van der Waals surface area contributed by atoms with Crippen LogP contribution in [0.5, 0.6) is 0 Å². The summed E-state index contributed by atoms with van der Waals surface area (Å²) < 4.78 is 0. The maximum atomic E-state index is 9.17. The molecule has 1 aromatic heterocycles. The Morgan fingerprint density at radius 1 is 1.21 bits per heavy atom. The Morgan fingerprint density at radius 2 is 2.00 bits per heavy atom. The lowest BCUT2D eigenvalue weighted by Crippen LogP contribution is -1.84. The van der Waals surface area contributed by atoms with E-state index in [0.29, 0.717) is 15.7 Å². The molecule has 19 heavy (non-hydrogen) atoms. The average Bonchev–Trinajstić information content (AvgIpc) is 2.37. The van der Waals surface area contributed by atoms with Crippen molar-refractivity contribution < 1.29 is 0 Å². The minimum Gasteiger partial charge on any atom is -0.244 e. The highest BCUT2D eigenvalue weighted by molar-refractivity contribution is 6.30. The van der Waals surface area contributed by atoms with Gasteiger partial charge in [-0.2, -0.15) is 5.26 Å². The van der Waals surface area contributed by atoms with E-state index in [1.54, 1.807) is 36.5 Å². The van der Waals surface area contributed by atoms with Crippen molar-refractivity contribution in [1.29, 1.82) is 5.26 Å². The van der Waals surface area contributed by atoms with Gasteiger partial charge in [-0.3, -0.25) is 0 Å². The van der Waals surface area contributed by atoms with Crippen LogP contribution in [0.4, 0.5) is 0 Å². The van der Waals surface area contributed by atoms with E-state index < -0.39 is 0 Å². The quantitative estimate of drug-likeness (QED) is 0.571. The number of rotatable bonds is 2. The lowest BCUT2D eigenvalue weighted by molar-refractivity contribution is 1.31. The molecule has 2 nitrogen and oxygen atoms in total. The van der Waals surface area contributed by atoms with Gasteiger partial charge in [0.15, 0.2) is 0 Å². The zero-order valence-electron chi connectivity index (χ0n) is 9.27. The van der Waals surface area contributed by atoms with Gasteiger partial charge < -0.3 is 0 Å². The van der Waals surface area contributed by atoms with Gasteiger partial charge >= 0.3 is 0 Å². The lowest BCUT2D eigenvalue weighted by Gasteiger charge is -2.00. The number of pyridine rings is 1. The third kappa shape index (κ3) is 4.10. The van der Waals surface area contributed by atoms with Crippen molar-refractivity contribution in [2.45, 2.75) is 7.43 Å². The van der Waals surface area contributed by atoms with E-state index in [9.17, 15) is 0 Å². The second-order valence-electron chi connectivity index (χ2n) is 3.59. The number of nitrogens with zero attached hydrogens (tertiary/aromatic N) is 2. The highest BCUT2D eigenvalue weighted by Gasteiger charge is 2.02. The summed E-state index contributed by atoms with van der Waals surface area (Å²) in [5.41, 5.74) is 2.11. The fourth-order valence-corrected chi connectivity index (χ4v) is 1.79. The molecule has 2 aromatic rings. The van der Waals surface area contributed by atoms with Crippen molar-refractivity contribution in [3.05, 3.63) is 63.9 Å². The molecule has 1 aromatic carbocycles. The zero-order chi connectivity index (χ0) is 13.0. The third-order valence-corrected chi connectivity index (χ3v) is 2.78. The second kappa shape index (κ2) is 6.94. The highest BCUT2D eigenvalue weighted by atomic mass is 35.5. The Hall–Kier alpha value is -1.82. The first-order valence-electron chi connectivity index (χ1n) is 5.18. The van der Waals surface area contributed by atoms with Gasteiger partial charge in [-0.25, -0.2) is 4.98 Å². The van der Waals surface area contributed by atoms with Crippen molar-refractivity contribution in [1.82, 2.24) is 4.98 Å². The van der Waals surface area contributed by atoms with Crippen LogP contribution < -0.4 is 0 Å². The van der Waals surface area contributed by atoms with Crippen molar-refractivity contribution in [2.24, 2.45) is 0 Å². The topological polar surface area (TPSA) is 36.7 Å². The molecule has 0 aliphatic carbocycles. The Balaban J connectivity index is 0.00000180. The molecule has 0 fully saturated rings. The molecule has 96 valence electrons. The highest BCUT2D eigenvalue weighted by Crippen LogP contribution is 2.20. The molecule has 0 N–H and O–H groups in total. The first kappa shape index (κ1) is 15.2. The van der Waals surface area contributed by atoms with Crippen LogP contribution in [0.1, 0.15) is 18.6 Å². The van der Waals surface area contributed by atoms with Crippen molar-refractivity contribution in [2.75, 3.05) is 0 Å². The monoisotopic (exact) mass is 290 g/mol. The van der Waals surface area contributed by atoms with Crippen LogP contribution in [0.2, 0.25) is 10.2 Å². The van der Waals surface area contributed by atoms with E-state index in [-0.39, 0.29) is 7.43 Å². The van der Waals surface area contributed by atoms with Crippen LogP contribution in [0.25, 0.3) is 11.6 Å². The first-order chi connectivity index (χ1) is 8.69. The van der Waals surface area contributed by atoms with Gasteiger partial charge in [0.05, 0.1) is 11.6 Å². The smallest absolute Gasteiger partial charge is 0.129 e. The number of aromatic nitrogens is 1. The Morgan fingerprint density at radius 3 is 2.58 bits per heavy atom. The van der Waals surface area contributed by atoms with Crippen LogP contribution in [0, 0.1) is 11.3 Å². The molecule has 0 saturated heterocycles. The summed E-state index contributed by atoms with van der Waals surface area (Å²) >= 11 is 11.6. The van der Waals surface area contributed by atoms with E-state index in [2.05, 4.69) is 11.1 Å². The summed E-state index contributed by atoms with van der Waals surface area (Å²) in [6.07, 6.45) is 3.33. The average molecular weight is 291 g/mol. The number of halogens is 2. The standard InChI is InChI=1S/C14H8Cl2N2.CH4/c15-13-3-1-2-10(7-13)6-12(8-17)11-4-5-14(16)18-9-11;/h1-7,9H;1H4/b12-6+;. The third-order valence-electron chi connectivity index (χ3n) is 2.32. The second-order valence-corrected chi connectivity index (χ2v) is 4.42. The normalized spacial score (nSPS) is 10.5. The van der Waals surface area contributed by atoms with E-state index in [1.807, 2.05) is 12.1 Å². The summed E-state index contributed by atoms with van der Waals surface area (Å²) in [6.45, 7) is 0. The number of hydrogen-bond donors (Lipinski definition) is 0. The molecule has 1 heterocycles. The summed E-state index contributed by atoms with van der Waals surface area (Å²) in [7, 11) is 0. The molecule has 0 aliphatic heterocycles. The summed E-state index contributed by atoms with van der Waals surface area (Å²) in [5, 5.41) is 10.2. The van der Waals surface area contributed by atoms with Crippen LogP contribution in [0.3, 0.4) is 0 Å². The number of nitriles is 1. The van der Waals surface area contributed by atoms with E-state index >= 15 is 0 Å². The predicted octanol–water partition coefficient (Wildman–Crippen LogP) is 5.09. The zero-order valence-corrected chi connectivity index (χ0v) is 10.8. The lowest BCUT2D eigenvalue weighted by atomic mass is 10.1. The Labute approximate surface area is 122 Å². The molecular formula is C15H12Cl2N2. The van der Waals surface area contributed by atoms with Crippen LogP contribution in [-0.2, 0) is 0 Å². The van der Waals surface area contributed by atoms with Crippen molar-refractivity contribution in [3.63, 3.8) is 0 Å². The molecule has 0 bridgehead atoms. The van der Waals surface area contributed by atoms with Gasteiger partial charge in [-0.1, -0.05) is 42.8 Å². The van der Waals surface area contributed by atoms with E-state index in [4.69, 9.17) is 28.5 Å². The van der Waals surface area contributed by atoms with Gasteiger partial charge in [0.2, 0.25) is 0 Å². The van der Waals surface area contributed by atoms with Gasteiger partial charge in [0, 0.05) is 16.8 Å². The van der Waals surface area contributed by atoms with Gasteiger partial charge in [0.25, 0.3) is 0 Å². The first-order valence-corrected chi connectivity index (χ1v) is 5.94. The number of allylic oxidation sites excluding steroid dienone is 1. The van der Waals surface area contributed by atoms with E-state index in [0.717, 1.165) is 11.1 Å². The SMILES string of the molecule is C.N#C/C(=C\c1cccc(Cl)c1)c1ccc(Cl)nc1. The van der Waals surface area contributed by atoms with Crippen LogP contribution >= 0.6 is 23.2 Å². The van der Waals surface area contributed by atoms with E-state index in [1.165, 1.54) is 0 Å². The molecule has 4 heteroatoms. The molecule has 0 atom stereocenters. The minimum absolute atomic E-state index is 0.